The number of aliphatic carboxylic acids is 1. The Balaban J connectivity index is 4.37. The van der Waals surface area contributed by atoms with E-state index in [1.165, 1.54) is 13.8 Å². The van der Waals surface area contributed by atoms with Crippen molar-refractivity contribution in [3.05, 3.63) is 0 Å². The predicted octanol–water partition coefficient (Wildman–Crippen LogP) is 0.275. The second-order valence-electron chi connectivity index (χ2n) is 3.01. The van der Waals surface area contributed by atoms with Gasteiger partial charge in [-0.3, -0.25) is 9.36 Å². The maximum atomic E-state index is 10.4. The fourth-order valence-electron chi connectivity index (χ4n) is 0.583. The molecule has 0 amide bonds. The van der Waals surface area contributed by atoms with Crippen LogP contribution in [0.1, 0.15) is 13.8 Å². The molecule has 0 rings (SSSR count). The van der Waals surface area contributed by atoms with E-state index in [4.69, 9.17) is 14.9 Å². The molecule has 0 aliphatic carbocycles. The Morgan fingerprint density at radius 3 is 1.91 bits per heavy atom. The molecule has 0 aliphatic heterocycles. The molecule has 11 heavy (non-hydrogen) atoms. The third-order valence-corrected chi connectivity index (χ3v) is 2.38. The van der Waals surface area contributed by atoms with Crippen molar-refractivity contribution >= 4 is 13.6 Å². The van der Waals surface area contributed by atoms with Crippen LogP contribution in [0.15, 0.2) is 0 Å². The standard InChI is InChI=1S/C5H11O5P/c1-5(2,4(6)7)3-11(8,9)10/h3H2,1-2H3,(H,6,7)(H2,8,9,10). The van der Waals surface area contributed by atoms with Crippen molar-refractivity contribution in [2.75, 3.05) is 6.16 Å². The van der Waals surface area contributed by atoms with Gasteiger partial charge in [0.1, 0.15) is 0 Å². The molecule has 0 atom stereocenters. The number of carboxylic acid groups (broad SMARTS) is 1. The topological polar surface area (TPSA) is 94.8 Å². The molecule has 0 aromatic rings. The van der Waals surface area contributed by atoms with Crippen LogP contribution in [0.3, 0.4) is 0 Å². The van der Waals surface area contributed by atoms with Gasteiger partial charge in [-0.1, -0.05) is 0 Å². The van der Waals surface area contributed by atoms with E-state index in [1.807, 2.05) is 0 Å². The first-order valence-electron chi connectivity index (χ1n) is 2.93. The minimum absolute atomic E-state index is 0.630. The first-order valence-corrected chi connectivity index (χ1v) is 4.73. The van der Waals surface area contributed by atoms with Crippen LogP contribution in [0.2, 0.25) is 0 Å². The molecule has 0 saturated carbocycles. The van der Waals surface area contributed by atoms with Gasteiger partial charge in [-0.15, -0.1) is 0 Å². The fraction of sp³-hybridized carbons (Fsp3) is 0.800. The number of hydrogen-bond donors (Lipinski definition) is 3. The highest BCUT2D eigenvalue weighted by Gasteiger charge is 2.34. The molecule has 0 aliphatic rings. The van der Waals surface area contributed by atoms with Crippen molar-refractivity contribution in [1.29, 1.82) is 0 Å². The van der Waals surface area contributed by atoms with Crippen molar-refractivity contribution in [3.63, 3.8) is 0 Å². The van der Waals surface area contributed by atoms with Gasteiger partial charge in [0.15, 0.2) is 0 Å². The Kier molecular flexibility index (Phi) is 2.83. The summed E-state index contributed by atoms with van der Waals surface area (Å²) >= 11 is 0. The minimum atomic E-state index is -4.22. The molecule has 0 fully saturated rings. The van der Waals surface area contributed by atoms with Gasteiger partial charge in [-0.2, -0.15) is 0 Å². The zero-order valence-electron chi connectivity index (χ0n) is 6.31. The Morgan fingerprint density at radius 1 is 1.45 bits per heavy atom. The maximum absolute atomic E-state index is 10.4. The average molecular weight is 182 g/mol. The normalized spacial score (nSPS) is 13.1. The van der Waals surface area contributed by atoms with E-state index in [-0.39, 0.29) is 0 Å². The Hall–Kier alpha value is -0.380. The van der Waals surface area contributed by atoms with E-state index in [0.29, 0.717) is 0 Å². The molecule has 0 aromatic carbocycles. The molecule has 6 heteroatoms. The molecule has 0 saturated heterocycles. The lowest BCUT2D eigenvalue weighted by atomic mass is 9.97. The summed E-state index contributed by atoms with van der Waals surface area (Å²) in [6, 6.07) is 0. The van der Waals surface area contributed by atoms with E-state index in [1.54, 1.807) is 0 Å². The molecule has 0 spiro atoms. The van der Waals surface area contributed by atoms with Gasteiger partial charge in [-0.25, -0.2) is 0 Å². The lowest BCUT2D eigenvalue weighted by molar-refractivity contribution is -0.145. The summed E-state index contributed by atoms with van der Waals surface area (Å²) in [5.74, 6) is -1.21. The van der Waals surface area contributed by atoms with Crippen LogP contribution in [-0.4, -0.2) is 27.0 Å². The molecule has 66 valence electrons. The van der Waals surface area contributed by atoms with Gasteiger partial charge in [0.05, 0.1) is 11.6 Å². The van der Waals surface area contributed by atoms with Crippen molar-refractivity contribution in [2.24, 2.45) is 5.41 Å². The Labute approximate surface area is 64.2 Å². The van der Waals surface area contributed by atoms with Crippen molar-refractivity contribution in [3.8, 4) is 0 Å². The van der Waals surface area contributed by atoms with Crippen LogP contribution in [0.5, 0.6) is 0 Å². The fourth-order valence-corrected chi connectivity index (χ4v) is 1.75. The van der Waals surface area contributed by atoms with E-state index in [0.717, 1.165) is 0 Å². The average Bonchev–Trinajstić information content (AvgIpc) is 1.56. The molecule has 5 nitrogen and oxygen atoms in total. The summed E-state index contributed by atoms with van der Waals surface area (Å²) in [5, 5.41) is 8.46. The van der Waals surface area contributed by atoms with Gasteiger partial charge >= 0.3 is 13.6 Å². The van der Waals surface area contributed by atoms with Crippen molar-refractivity contribution in [1.82, 2.24) is 0 Å². The summed E-state index contributed by atoms with van der Waals surface area (Å²) in [7, 11) is -4.22. The summed E-state index contributed by atoms with van der Waals surface area (Å²) in [6.45, 7) is 2.54. The van der Waals surface area contributed by atoms with Gasteiger partial charge in [0.25, 0.3) is 0 Å². The molecule has 0 radical (unpaired) electrons. The van der Waals surface area contributed by atoms with Gasteiger partial charge in [-0.05, 0) is 13.8 Å². The third kappa shape index (κ3) is 4.14. The van der Waals surface area contributed by atoms with Crippen LogP contribution in [-0.2, 0) is 9.36 Å². The summed E-state index contributed by atoms with van der Waals surface area (Å²) in [6.07, 6.45) is -0.630. The van der Waals surface area contributed by atoms with Crippen LogP contribution in [0.25, 0.3) is 0 Å². The van der Waals surface area contributed by atoms with E-state index >= 15 is 0 Å². The molecule has 0 aromatic heterocycles. The largest absolute Gasteiger partial charge is 0.481 e. The highest BCUT2D eigenvalue weighted by molar-refractivity contribution is 7.51. The van der Waals surface area contributed by atoms with Crippen molar-refractivity contribution in [2.45, 2.75) is 13.8 Å². The second-order valence-corrected chi connectivity index (χ2v) is 4.66. The van der Waals surface area contributed by atoms with Crippen LogP contribution < -0.4 is 0 Å². The van der Waals surface area contributed by atoms with Gasteiger partial charge < -0.3 is 14.9 Å². The van der Waals surface area contributed by atoms with Crippen LogP contribution in [0, 0.1) is 5.41 Å². The third-order valence-electron chi connectivity index (χ3n) is 1.18. The van der Waals surface area contributed by atoms with Crippen LogP contribution in [0.4, 0.5) is 0 Å². The summed E-state index contributed by atoms with van der Waals surface area (Å²) in [4.78, 5) is 27.3. The monoisotopic (exact) mass is 182 g/mol. The van der Waals surface area contributed by atoms with Gasteiger partial charge in [0, 0.05) is 0 Å². The first kappa shape index (κ1) is 10.6. The lowest BCUT2D eigenvalue weighted by Gasteiger charge is -2.18. The molecule has 0 unspecified atom stereocenters. The predicted molar refractivity (Wildman–Crippen MR) is 38.3 cm³/mol. The van der Waals surface area contributed by atoms with E-state index < -0.39 is 25.1 Å². The summed E-state index contributed by atoms with van der Waals surface area (Å²) < 4.78 is 10.4. The molecule has 0 bridgehead atoms. The smallest absolute Gasteiger partial charge is 0.326 e. The van der Waals surface area contributed by atoms with Crippen molar-refractivity contribution < 1.29 is 24.3 Å². The summed E-state index contributed by atoms with van der Waals surface area (Å²) in [5.41, 5.74) is -1.36. The zero-order valence-corrected chi connectivity index (χ0v) is 7.21. The number of hydrogen-bond acceptors (Lipinski definition) is 2. The number of carboxylic acids is 1. The zero-order chi connectivity index (χ0) is 9.28. The van der Waals surface area contributed by atoms with Crippen LogP contribution >= 0.6 is 7.60 Å². The quantitative estimate of drug-likeness (QED) is 0.544. The highest BCUT2D eigenvalue weighted by atomic mass is 31.2. The molecule has 0 heterocycles. The molecular weight excluding hydrogens is 171 g/mol. The van der Waals surface area contributed by atoms with E-state index in [9.17, 15) is 9.36 Å². The Morgan fingerprint density at radius 2 is 1.82 bits per heavy atom. The number of rotatable bonds is 3. The van der Waals surface area contributed by atoms with E-state index in [2.05, 4.69) is 0 Å². The highest BCUT2D eigenvalue weighted by Crippen LogP contribution is 2.41. The minimum Gasteiger partial charge on any atom is -0.481 e. The second kappa shape index (κ2) is 2.93. The van der Waals surface area contributed by atoms with Gasteiger partial charge in [0.2, 0.25) is 0 Å². The number of carbonyl (C=O) groups is 1. The Bertz CT molecular complexity index is 203. The lowest BCUT2D eigenvalue weighted by Crippen LogP contribution is -2.27. The first-order chi connectivity index (χ1) is 4.65. The maximum Gasteiger partial charge on any atom is 0.326 e. The molecular formula is C5H11O5P. The SMILES string of the molecule is CC(C)(CP(=O)(O)O)C(=O)O. The molecule has 3 N–H and O–H groups in total.